The van der Waals surface area contributed by atoms with Gasteiger partial charge in [0.05, 0.1) is 17.4 Å². The number of aromatic nitrogens is 4. The average Bonchev–Trinajstić information content (AvgIpc) is 3.23. The van der Waals surface area contributed by atoms with E-state index >= 15 is 0 Å². The van der Waals surface area contributed by atoms with E-state index in [9.17, 15) is 8.78 Å². The highest BCUT2D eigenvalue weighted by Gasteiger charge is 2.19. The predicted molar refractivity (Wildman–Crippen MR) is 127 cm³/mol. The number of aryl methyl sites for hydroxylation is 1. The van der Waals surface area contributed by atoms with Crippen molar-refractivity contribution >= 4 is 39.8 Å². The Morgan fingerprint density at radius 3 is 2.62 bits per heavy atom. The van der Waals surface area contributed by atoms with Crippen LogP contribution in [-0.4, -0.2) is 58.1 Å². The molecule has 11 heteroatoms. The predicted octanol–water partition coefficient (Wildman–Crippen LogP) is 4.88. The fourth-order valence-electron chi connectivity index (χ4n) is 3.86. The van der Waals surface area contributed by atoms with Crippen LogP contribution in [0.5, 0.6) is 11.6 Å². The zero-order valence-corrected chi connectivity index (χ0v) is 19.3. The van der Waals surface area contributed by atoms with Crippen molar-refractivity contribution in [3.05, 3.63) is 59.1 Å². The lowest BCUT2D eigenvalue weighted by atomic mass is 10.2. The van der Waals surface area contributed by atoms with Crippen molar-refractivity contribution < 1.29 is 13.5 Å². The molecule has 0 bridgehead atoms. The molecule has 1 aliphatic rings. The van der Waals surface area contributed by atoms with Crippen LogP contribution in [0.15, 0.2) is 36.8 Å². The second kappa shape index (κ2) is 9.03. The Labute approximate surface area is 199 Å². The Bertz CT molecular complexity index is 1340. The lowest BCUT2D eigenvalue weighted by Crippen LogP contribution is -2.44. The van der Waals surface area contributed by atoms with E-state index in [1.807, 2.05) is 12.1 Å². The summed E-state index contributed by atoms with van der Waals surface area (Å²) in [7, 11) is 2.11. The minimum atomic E-state index is -0.717. The monoisotopic (exact) mass is 485 g/mol. The molecule has 0 aliphatic carbocycles. The number of fused-ring (bicyclic) bond motifs is 1. The number of rotatable bonds is 5. The van der Waals surface area contributed by atoms with Crippen LogP contribution in [0, 0.1) is 18.6 Å². The molecule has 34 heavy (non-hydrogen) atoms. The summed E-state index contributed by atoms with van der Waals surface area (Å²) in [6.45, 7) is 5.59. The molecule has 5 rings (SSSR count). The van der Waals surface area contributed by atoms with Gasteiger partial charge in [-0.2, -0.15) is 4.98 Å². The molecule has 2 N–H and O–H groups in total. The number of nitrogens with one attached hydrogen (secondary N) is 2. The highest BCUT2D eigenvalue weighted by atomic mass is 35.5. The molecule has 8 nitrogen and oxygen atoms in total. The lowest BCUT2D eigenvalue weighted by Gasteiger charge is -2.33. The van der Waals surface area contributed by atoms with Gasteiger partial charge in [-0.05, 0) is 32.2 Å². The number of piperazine rings is 1. The van der Waals surface area contributed by atoms with E-state index in [2.05, 4.69) is 42.1 Å². The summed E-state index contributed by atoms with van der Waals surface area (Å²) in [5.41, 5.74) is 1.73. The van der Waals surface area contributed by atoms with Crippen molar-refractivity contribution in [3.63, 3.8) is 0 Å². The zero-order chi connectivity index (χ0) is 23.8. The molecular formula is C23H22ClF2N7O. The summed E-state index contributed by atoms with van der Waals surface area (Å²) >= 11 is 6.41. The molecule has 1 saturated heterocycles. The number of hydrogen-bond acceptors (Lipinski definition) is 7. The van der Waals surface area contributed by atoms with Gasteiger partial charge in [0.2, 0.25) is 5.88 Å². The molecule has 1 aliphatic heterocycles. The molecule has 0 radical (unpaired) electrons. The number of H-pyrrole nitrogens is 1. The molecule has 176 valence electrons. The number of hydrogen-bond donors (Lipinski definition) is 2. The number of aromatic amines is 1. The maximum atomic E-state index is 14.9. The number of ether oxygens (including phenoxy) is 1. The van der Waals surface area contributed by atoms with E-state index in [0.717, 1.165) is 37.9 Å². The van der Waals surface area contributed by atoms with Crippen molar-refractivity contribution in [2.45, 2.75) is 6.92 Å². The van der Waals surface area contributed by atoms with Gasteiger partial charge in [0, 0.05) is 43.3 Å². The van der Waals surface area contributed by atoms with Gasteiger partial charge in [-0.15, -0.1) is 0 Å². The van der Waals surface area contributed by atoms with Crippen LogP contribution in [0.1, 0.15) is 5.69 Å². The fourth-order valence-corrected chi connectivity index (χ4v) is 4.04. The van der Waals surface area contributed by atoms with Gasteiger partial charge in [-0.25, -0.2) is 18.7 Å². The van der Waals surface area contributed by atoms with Gasteiger partial charge in [0.1, 0.15) is 17.2 Å². The largest absolute Gasteiger partial charge is 0.434 e. The molecule has 0 spiro atoms. The van der Waals surface area contributed by atoms with Gasteiger partial charge in [0.25, 0.3) is 0 Å². The minimum Gasteiger partial charge on any atom is -0.434 e. The Morgan fingerprint density at radius 2 is 1.88 bits per heavy atom. The van der Waals surface area contributed by atoms with Crippen LogP contribution in [0.4, 0.5) is 26.1 Å². The van der Waals surface area contributed by atoms with Crippen LogP contribution in [0.3, 0.4) is 0 Å². The van der Waals surface area contributed by atoms with Crippen molar-refractivity contribution in [3.8, 4) is 11.6 Å². The summed E-state index contributed by atoms with van der Waals surface area (Å²) in [4.78, 5) is 19.9. The maximum absolute atomic E-state index is 14.9. The highest BCUT2D eigenvalue weighted by molar-refractivity contribution is 6.34. The summed E-state index contributed by atoms with van der Waals surface area (Å²) < 4.78 is 34.9. The third kappa shape index (κ3) is 4.34. The molecule has 4 heterocycles. The number of likely N-dealkylation sites (N-methyl/N-ethyl adjacent to an activating group) is 1. The second-order valence-electron chi connectivity index (χ2n) is 8.17. The van der Waals surface area contributed by atoms with Crippen molar-refractivity contribution in [2.75, 3.05) is 43.4 Å². The SMILES string of the molecule is Cc1cc2c(F)c(Oc3ncnc(Nc4ccc(N5CCN(C)CC5)cn4)c3Cl)cc(F)c2[nH]1. The van der Waals surface area contributed by atoms with Crippen LogP contribution in [0.2, 0.25) is 5.02 Å². The highest BCUT2D eigenvalue weighted by Crippen LogP contribution is 2.36. The number of nitrogens with zero attached hydrogens (tertiary/aromatic N) is 5. The van der Waals surface area contributed by atoms with E-state index in [1.54, 1.807) is 13.1 Å². The van der Waals surface area contributed by atoms with E-state index < -0.39 is 11.6 Å². The van der Waals surface area contributed by atoms with E-state index in [4.69, 9.17) is 16.3 Å². The molecule has 0 unspecified atom stereocenters. The van der Waals surface area contributed by atoms with Crippen LogP contribution in [-0.2, 0) is 0 Å². The van der Waals surface area contributed by atoms with Gasteiger partial charge >= 0.3 is 0 Å². The standard InChI is InChI=1S/C23H22ClF2N7O/c1-13-9-15-20(26)17(10-16(25)21(15)30-13)34-23-19(24)22(28-12-29-23)31-18-4-3-14(11-27-18)33-7-5-32(2)6-8-33/h3-4,9-12,30H,5-8H2,1-2H3,(H,27,28,29,31). The minimum absolute atomic E-state index is 0.0117. The fraction of sp³-hybridized carbons (Fsp3) is 0.261. The molecule has 0 atom stereocenters. The first kappa shape index (κ1) is 22.3. The number of halogens is 3. The normalized spacial score (nSPS) is 14.6. The first-order chi connectivity index (χ1) is 16.4. The summed E-state index contributed by atoms with van der Waals surface area (Å²) in [5.74, 6) is -1.06. The topological polar surface area (TPSA) is 82.2 Å². The number of pyridine rings is 1. The summed E-state index contributed by atoms with van der Waals surface area (Å²) in [5, 5.41) is 3.12. The van der Waals surface area contributed by atoms with Crippen molar-refractivity contribution in [1.29, 1.82) is 0 Å². The third-order valence-corrected chi connectivity index (χ3v) is 6.07. The molecule has 4 aromatic rings. The van der Waals surface area contributed by atoms with Crippen LogP contribution >= 0.6 is 11.6 Å². The Kier molecular flexibility index (Phi) is 5.93. The van der Waals surface area contributed by atoms with E-state index in [0.29, 0.717) is 11.5 Å². The molecular weight excluding hydrogens is 464 g/mol. The quantitative estimate of drug-likeness (QED) is 0.417. The summed E-state index contributed by atoms with van der Waals surface area (Å²) in [6, 6.07) is 6.26. The summed E-state index contributed by atoms with van der Waals surface area (Å²) in [6.07, 6.45) is 3.00. The molecule has 1 aromatic carbocycles. The van der Waals surface area contributed by atoms with Gasteiger partial charge in [-0.3, -0.25) is 0 Å². The maximum Gasteiger partial charge on any atom is 0.243 e. The van der Waals surface area contributed by atoms with E-state index in [1.165, 1.54) is 12.4 Å². The van der Waals surface area contributed by atoms with Crippen molar-refractivity contribution in [1.82, 2.24) is 24.8 Å². The van der Waals surface area contributed by atoms with E-state index in [-0.39, 0.29) is 33.4 Å². The molecule has 0 amide bonds. The van der Waals surface area contributed by atoms with Gasteiger partial charge < -0.3 is 24.8 Å². The Balaban J connectivity index is 1.35. The van der Waals surface area contributed by atoms with Gasteiger partial charge in [0.15, 0.2) is 23.2 Å². The first-order valence-corrected chi connectivity index (χ1v) is 11.1. The van der Waals surface area contributed by atoms with Gasteiger partial charge in [-0.1, -0.05) is 11.6 Å². The number of benzene rings is 1. The number of anilines is 3. The van der Waals surface area contributed by atoms with Crippen LogP contribution in [0.25, 0.3) is 10.9 Å². The lowest BCUT2D eigenvalue weighted by molar-refractivity contribution is 0.313. The van der Waals surface area contributed by atoms with Crippen LogP contribution < -0.4 is 15.0 Å². The zero-order valence-electron chi connectivity index (χ0n) is 18.6. The second-order valence-corrected chi connectivity index (χ2v) is 8.55. The smallest absolute Gasteiger partial charge is 0.243 e. The van der Waals surface area contributed by atoms with Crippen molar-refractivity contribution in [2.24, 2.45) is 0 Å². The Hall–Kier alpha value is -3.50. The molecule has 0 saturated carbocycles. The average molecular weight is 486 g/mol. The molecule has 3 aromatic heterocycles. The molecule has 1 fully saturated rings. The first-order valence-electron chi connectivity index (χ1n) is 10.7. The third-order valence-electron chi connectivity index (χ3n) is 5.73. The Morgan fingerprint density at radius 1 is 1.09 bits per heavy atom.